The highest BCUT2D eigenvalue weighted by atomic mass is 79.9. The molecule has 2 heterocycles. The molecule has 19 heavy (non-hydrogen) atoms. The lowest BCUT2D eigenvalue weighted by Crippen LogP contribution is -2.29. The molecule has 0 bridgehead atoms. The Morgan fingerprint density at radius 1 is 1.47 bits per heavy atom. The van der Waals surface area contributed by atoms with Gasteiger partial charge in [-0.05, 0) is 28.1 Å². The highest BCUT2D eigenvalue weighted by molar-refractivity contribution is 9.10. The minimum atomic E-state index is -0.388. The number of halogens is 2. The molecule has 1 aromatic heterocycles. The van der Waals surface area contributed by atoms with Crippen LogP contribution in [0, 0.1) is 5.82 Å². The van der Waals surface area contributed by atoms with Crippen LogP contribution in [-0.4, -0.2) is 12.5 Å². The first-order chi connectivity index (χ1) is 9.15. The van der Waals surface area contributed by atoms with Gasteiger partial charge in [-0.25, -0.2) is 4.39 Å². The van der Waals surface area contributed by atoms with Crippen molar-refractivity contribution in [3.05, 3.63) is 52.1 Å². The predicted molar refractivity (Wildman–Crippen MR) is 68.5 cm³/mol. The van der Waals surface area contributed by atoms with E-state index in [2.05, 4.69) is 21.2 Å². The van der Waals surface area contributed by atoms with E-state index in [1.54, 1.807) is 12.1 Å². The summed E-state index contributed by atoms with van der Waals surface area (Å²) in [5.41, 5.74) is 1.19. The number of nitrogens with one attached hydrogen (secondary N) is 1. The average Bonchev–Trinajstić information content (AvgIpc) is 3.01. The molecule has 1 atom stereocenters. The molecule has 0 radical (unpaired) electrons. The second-order valence-corrected chi connectivity index (χ2v) is 5.01. The van der Waals surface area contributed by atoms with Crippen molar-refractivity contribution in [1.29, 1.82) is 0 Å². The van der Waals surface area contributed by atoms with Crippen molar-refractivity contribution in [2.75, 3.05) is 6.61 Å². The first-order valence-corrected chi connectivity index (χ1v) is 6.39. The number of carbonyl (C=O) groups is 1. The van der Waals surface area contributed by atoms with Crippen LogP contribution in [0.2, 0.25) is 0 Å². The van der Waals surface area contributed by atoms with Crippen LogP contribution in [0.1, 0.15) is 22.0 Å². The van der Waals surface area contributed by atoms with Crippen LogP contribution in [0.25, 0.3) is 0 Å². The zero-order valence-corrected chi connectivity index (χ0v) is 11.2. The average molecular weight is 326 g/mol. The first-order valence-electron chi connectivity index (χ1n) is 5.60. The molecule has 2 aromatic rings. The topological polar surface area (TPSA) is 51.5 Å². The molecule has 3 rings (SSSR count). The lowest BCUT2D eigenvalue weighted by molar-refractivity contribution is 0.0929. The number of hydrogen-bond donors (Lipinski definition) is 1. The summed E-state index contributed by atoms with van der Waals surface area (Å²) < 4.78 is 23.9. The standard InChI is InChI=1S/C13H9BrFNO3/c14-9-3-8-11(6-19-12(8)4-10(9)15)16-13(17)7-1-2-18-5-7/h1-5,11H,6H2,(H,16,17)/t11-/m0/s1. The van der Waals surface area contributed by atoms with E-state index in [-0.39, 0.29) is 24.4 Å². The number of rotatable bonds is 2. The lowest BCUT2D eigenvalue weighted by atomic mass is 10.1. The normalized spacial score (nSPS) is 16.8. The zero-order valence-electron chi connectivity index (χ0n) is 9.65. The Kier molecular flexibility index (Phi) is 3.02. The van der Waals surface area contributed by atoms with E-state index in [4.69, 9.17) is 9.15 Å². The first kappa shape index (κ1) is 12.2. The van der Waals surface area contributed by atoms with Crippen LogP contribution in [0.4, 0.5) is 4.39 Å². The van der Waals surface area contributed by atoms with Gasteiger partial charge in [0.25, 0.3) is 5.91 Å². The largest absolute Gasteiger partial charge is 0.491 e. The van der Waals surface area contributed by atoms with Gasteiger partial charge in [0.05, 0.1) is 22.3 Å². The van der Waals surface area contributed by atoms with Crippen LogP contribution in [-0.2, 0) is 0 Å². The third-order valence-electron chi connectivity index (χ3n) is 2.92. The number of amides is 1. The van der Waals surface area contributed by atoms with Gasteiger partial charge < -0.3 is 14.5 Å². The molecule has 1 aliphatic rings. The number of hydrogen-bond acceptors (Lipinski definition) is 3. The van der Waals surface area contributed by atoms with Gasteiger partial charge in [0, 0.05) is 11.6 Å². The van der Waals surface area contributed by atoms with Gasteiger partial charge in [0.2, 0.25) is 0 Å². The summed E-state index contributed by atoms with van der Waals surface area (Å²) in [7, 11) is 0. The molecule has 1 aromatic carbocycles. The molecule has 1 amide bonds. The molecule has 0 saturated carbocycles. The van der Waals surface area contributed by atoms with E-state index in [1.165, 1.54) is 18.6 Å². The zero-order chi connectivity index (χ0) is 13.4. The fourth-order valence-electron chi connectivity index (χ4n) is 1.96. The lowest BCUT2D eigenvalue weighted by Gasteiger charge is -2.11. The third-order valence-corrected chi connectivity index (χ3v) is 3.53. The van der Waals surface area contributed by atoms with E-state index in [0.717, 1.165) is 5.56 Å². The molecule has 0 spiro atoms. The summed E-state index contributed by atoms with van der Waals surface area (Å²) in [4.78, 5) is 11.9. The van der Waals surface area contributed by atoms with Crippen LogP contribution >= 0.6 is 15.9 Å². The maximum Gasteiger partial charge on any atom is 0.255 e. The quantitative estimate of drug-likeness (QED) is 0.923. The molecule has 0 aliphatic carbocycles. The number of furan rings is 1. The van der Waals surface area contributed by atoms with Gasteiger partial charge in [-0.2, -0.15) is 0 Å². The molecule has 1 N–H and O–H groups in total. The summed E-state index contributed by atoms with van der Waals surface area (Å²) >= 11 is 3.12. The van der Waals surface area contributed by atoms with Crippen molar-refractivity contribution in [1.82, 2.24) is 5.32 Å². The van der Waals surface area contributed by atoms with Crippen molar-refractivity contribution in [2.45, 2.75) is 6.04 Å². The van der Waals surface area contributed by atoms with Crippen LogP contribution in [0.5, 0.6) is 5.75 Å². The second-order valence-electron chi connectivity index (χ2n) is 4.15. The number of ether oxygens (including phenoxy) is 1. The molecular formula is C13H9BrFNO3. The maximum absolute atomic E-state index is 13.4. The van der Waals surface area contributed by atoms with Crippen molar-refractivity contribution >= 4 is 21.8 Å². The van der Waals surface area contributed by atoms with E-state index >= 15 is 0 Å². The van der Waals surface area contributed by atoms with Crippen molar-refractivity contribution in [3.8, 4) is 5.75 Å². The minimum absolute atomic E-state index is 0.254. The Hall–Kier alpha value is -1.82. The highest BCUT2D eigenvalue weighted by Gasteiger charge is 2.27. The van der Waals surface area contributed by atoms with Gasteiger partial charge in [-0.3, -0.25) is 4.79 Å². The number of fused-ring (bicyclic) bond motifs is 1. The van der Waals surface area contributed by atoms with E-state index in [1.807, 2.05) is 0 Å². The van der Waals surface area contributed by atoms with Crippen LogP contribution < -0.4 is 10.1 Å². The Morgan fingerprint density at radius 2 is 2.32 bits per heavy atom. The van der Waals surface area contributed by atoms with Gasteiger partial charge in [-0.15, -0.1) is 0 Å². The van der Waals surface area contributed by atoms with Gasteiger partial charge in [0.1, 0.15) is 24.4 Å². The number of carbonyl (C=O) groups excluding carboxylic acids is 1. The summed E-state index contributed by atoms with van der Waals surface area (Å²) in [6.07, 6.45) is 2.80. The van der Waals surface area contributed by atoms with Crippen LogP contribution in [0.15, 0.2) is 39.6 Å². The summed E-state index contributed by atoms with van der Waals surface area (Å²) in [5, 5.41) is 2.82. The molecule has 1 aliphatic heterocycles. The Bertz CT molecular complexity index is 627. The summed E-state index contributed by atoms with van der Waals surface area (Å²) in [6.45, 7) is 0.287. The predicted octanol–water partition coefficient (Wildman–Crippen LogP) is 3.04. The summed E-state index contributed by atoms with van der Waals surface area (Å²) in [5.74, 6) is -0.186. The maximum atomic E-state index is 13.4. The van der Waals surface area contributed by atoms with Crippen molar-refractivity contribution in [2.24, 2.45) is 0 Å². The fraction of sp³-hybridized carbons (Fsp3) is 0.154. The fourth-order valence-corrected chi connectivity index (χ4v) is 2.32. The van der Waals surface area contributed by atoms with E-state index < -0.39 is 0 Å². The monoisotopic (exact) mass is 325 g/mol. The van der Waals surface area contributed by atoms with Crippen LogP contribution in [0.3, 0.4) is 0 Å². The Labute approximate surface area is 116 Å². The Morgan fingerprint density at radius 3 is 3.05 bits per heavy atom. The van der Waals surface area contributed by atoms with Crippen molar-refractivity contribution in [3.63, 3.8) is 0 Å². The highest BCUT2D eigenvalue weighted by Crippen LogP contribution is 2.36. The van der Waals surface area contributed by atoms with Crippen molar-refractivity contribution < 1.29 is 18.3 Å². The number of benzene rings is 1. The molecular weight excluding hydrogens is 317 g/mol. The molecule has 0 saturated heterocycles. The van der Waals surface area contributed by atoms with E-state index in [0.29, 0.717) is 15.8 Å². The minimum Gasteiger partial charge on any atom is -0.491 e. The smallest absolute Gasteiger partial charge is 0.255 e. The van der Waals surface area contributed by atoms with E-state index in [9.17, 15) is 9.18 Å². The Balaban J connectivity index is 1.83. The molecule has 0 fully saturated rings. The van der Waals surface area contributed by atoms with Gasteiger partial charge in [0.15, 0.2) is 0 Å². The molecule has 4 nitrogen and oxygen atoms in total. The van der Waals surface area contributed by atoms with Gasteiger partial charge >= 0.3 is 0 Å². The molecule has 0 unspecified atom stereocenters. The molecule has 6 heteroatoms. The third kappa shape index (κ3) is 2.23. The SMILES string of the molecule is O=C(N[C@H]1COc2cc(F)c(Br)cc21)c1ccoc1. The van der Waals surface area contributed by atoms with Gasteiger partial charge in [-0.1, -0.05) is 0 Å². The second kappa shape index (κ2) is 4.70. The molecule has 98 valence electrons. The summed E-state index contributed by atoms with van der Waals surface area (Å²) in [6, 6.07) is 4.21.